The Bertz CT molecular complexity index is 858. The van der Waals surface area contributed by atoms with Gasteiger partial charge in [0.05, 0.1) is 16.8 Å². The van der Waals surface area contributed by atoms with Crippen molar-refractivity contribution in [2.24, 2.45) is 23.0 Å². The number of hydrazine groups is 1. The van der Waals surface area contributed by atoms with Crippen LogP contribution in [0.5, 0.6) is 0 Å². The van der Waals surface area contributed by atoms with E-state index in [-0.39, 0.29) is 5.92 Å². The lowest BCUT2D eigenvalue weighted by molar-refractivity contribution is -0.143. The van der Waals surface area contributed by atoms with Crippen LogP contribution in [0.4, 0.5) is 11.4 Å². The van der Waals surface area contributed by atoms with Crippen molar-refractivity contribution in [1.82, 2.24) is 0 Å². The van der Waals surface area contributed by atoms with Gasteiger partial charge < -0.3 is 5.73 Å². The lowest BCUT2D eigenvalue weighted by Gasteiger charge is -2.28. The van der Waals surface area contributed by atoms with Crippen molar-refractivity contribution in [2.45, 2.75) is 26.2 Å². The van der Waals surface area contributed by atoms with E-state index in [0.29, 0.717) is 24.2 Å². The van der Waals surface area contributed by atoms with Crippen molar-refractivity contribution in [3.05, 3.63) is 60.7 Å². The molecule has 0 bridgehead atoms. The first-order valence-electron chi connectivity index (χ1n) is 9.53. The molecule has 144 valence electrons. The maximum atomic E-state index is 13.6. The van der Waals surface area contributed by atoms with Gasteiger partial charge in [0.2, 0.25) is 5.91 Å². The minimum absolute atomic E-state index is 0.240. The Balaban J connectivity index is 1.85. The van der Waals surface area contributed by atoms with Crippen molar-refractivity contribution in [3.8, 4) is 0 Å². The molecule has 1 heterocycles. The van der Waals surface area contributed by atoms with E-state index in [4.69, 9.17) is 5.73 Å². The van der Waals surface area contributed by atoms with Crippen molar-refractivity contribution < 1.29 is 14.4 Å². The SMILES string of the molecule is C[C@H]1CC[C@@](C(N)=O)(C2C(=O)N(c3ccccc3)N(c3ccccc3)C2=O)C1. The van der Waals surface area contributed by atoms with Crippen LogP contribution in [0.15, 0.2) is 60.7 Å². The van der Waals surface area contributed by atoms with Gasteiger partial charge in [-0.05, 0) is 49.4 Å². The molecule has 3 amide bonds. The highest BCUT2D eigenvalue weighted by Gasteiger charge is 2.61. The van der Waals surface area contributed by atoms with Crippen LogP contribution >= 0.6 is 0 Å². The fourth-order valence-electron chi connectivity index (χ4n) is 4.60. The minimum Gasteiger partial charge on any atom is -0.369 e. The number of amides is 3. The average molecular weight is 377 g/mol. The fraction of sp³-hybridized carbons (Fsp3) is 0.318. The molecule has 6 nitrogen and oxygen atoms in total. The molecule has 0 aromatic heterocycles. The zero-order valence-corrected chi connectivity index (χ0v) is 15.7. The molecule has 2 aliphatic rings. The number of carbonyl (C=O) groups is 3. The molecule has 4 rings (SSSR count). The molecule has 2 N–H and O–H groups in total. The van der Waals surface area contributed by atoms with E-state index in [2.05, 4.69) is 0 Å². The van der Waals surface area contributed by atoms with Gasteiger partial charge >= 0.3 is 0 Å². The third-order valence-corrected chi connectivity index (χ3v) is 5.95. The molecule has 1 saturated carbocycles. The maximum absolute atomic E-state index is 13.6. The molecule has 6 heteroatoms. The fourth-order valence-corrected chi connectivity index (χ4v) is 4.60. The Morgan fingerprint density at radius 3 is 1.75 bits per heavy atom. The minimum atomic E-state index is -1.13. The largest absolute Gasteiger partial charge is 0.369 e. The zero-order valence-electron chi connectivity index (χ0n) is 15.7. The van der Waals surface area contributed by atoms with Crippen LogP contribution in [-0.2, 0) is 14.4 Å². The molecule has 28 heavy (non-hydrogen) atoms. The van der Waals surface area contributed by atoms with Gasteiger partial charge in [-0.15, -0.1) is 0 Å². The Labute approximate surface area is 163 Å². The van der Waals surface area contributed by atoms with Crippen molar-refractivity contribution in [3.63, 3.8) is 0 Å². The van der Waals surface area contributed by atoms with E-state index >= 15 is 0 Å². The van der Waals surface area contributed by atoms with Gasteiger partial charge in [-0.2, -0.15) is 0 Å². The monoisotopic (exact) mass is 377 g/mol. The third-order valence-electron chi connectivity index (χ3n) is 5.95. The Morgan fingerprint density at radius 2 is 1.39 bits per heavy atom. The summed E-state index contributed by atoms with van der Waals surface area (Å²) in [5.74, 6) is -2.22. The molecular weight excluding hydrogens is 354 g/mol. The molecule has 0 radical (unpaired) electrons. The zero-order chi connectivity index (χ0) is 19.9. The van der Waals surface area contributed by atoms with Crippen LogP contribution in [0, 0.1) is 17.3 Å². The van der Waals surface area contributed by atoms with Crippen LogP contribution in [0.3, 0.4) is 0 Å². The summed E-state index contributed by atoms with van der Waals surface area (Å²) < 4.78 is 0. The number of carbonyl (C=O) groups excluding carboxylic acids is 3. The van der Waals surface area contributed by atoms with Gasteiger partial charge in [0.25, 0.3) is 11.8 Å². The number of hydrogen-bond acceptors (Lipinski definition) is 3. The van der Waals surface area contributed by atoms with Crippen LogP contribution in [-0.4, -0.2) is 17.7 Å². The summed E-state index contributed by atoms with van der Waals surface area (Å²) in [6.07, 6.45) is 1.68. The predicted molar refractivity (Wildman–Crippen MR) is 106 cm³/mol. The summed E-state index contributed by atoms with van der Waals surface area (Å²) in [6.45, 7) is 2.03. The number of hydrogen-bond donors (Lipinski definition) is 1. The number of para-hydroxylation sites is 2. The Kier molecular flexibility index (Phi) is 4.41. The Hall–Kier alpha value is -3.15. The van der Waals surface area contributed by atoms with E-state index in [0.717, 1.165) is 6.42 Å². The number of anilines is 2. The molecule has 0 unspecified atom stereocenters. The predicted octanol–water partition coefficient (Wildman–Crippen LogP) is 2.89. The first-order valence-corrected chi connectivity index (χ1v) is 9.53. The smallest absolute Gasteiger partial charge is 0.259 e. The quantitative estimate of drug-likeness (QED) is 0.832. The first kappa shape index (κ1) is 18.2. The van der Waals surface area contributed by atoms with Gasteiger partial charge in [0.1, 0.15) is 5.92 Å². The van der Waals surface area contributed by atoms with E-state index in [9.17, 15) is 14.4 Å². The lowest BCUT2D eigenvalue weighted by atomic mass is 9.72. The summed E-state index contributed by atoms with van der Waals surface area (Å²) in [4.78, 5) is 39.6. The van der Waals surface area contributed by atoms with Gasteiger partial charge in [-0.1, -0.05) is 43.3 Å². The first-order chi connectivity index (χ1) is 13.5. The number of nitrogens with two attached hydrogens (primary N) is 1. The van der Waals surface area contributed by atoms with E-state index < -0.39 is 29.1 Å². The normalized spacial score (nSPS) is 25.5. The van der Waals surface area contributed by atoms with E-state index in [1.807, 2.05) is 43.3 Å². The topological polar surface area (TPSA) is 83.7 Å². The highest BCUT2D eigenvalue weighted by molar-refractivity contribution is 6.25. The highest BCUT2D eigenvalue weighted by atomic mass is 16.2. The van der Waals surface area contributed by atoms with Crippen LogP contribution < -0.4 is 15.8 Å². The van der Waals surface area contributed by atoms with Crippen LogP contribution in [0.1, 0.15) is 26.2 Å². The van der Waals surface area contributed by atoms with Crippen LogP contribution in [0.25, 0.3) is 0 Å². The standard InChI is InChI=1S/C22H23N3O3/c1-15-12-13-22(14-15,21(23)28)18-19(26)24(16-8-4-2-5-9-16)25(20(18)27)17-10-6-3-7-11-17/h2-11,15,18H,12-14H2,1H3,(H2,23,28)/t15-,22-/m0/s1. The number of nitrogens with zero attached hydrogens (tertiary/aromatic N) is 2. The second kappa shape index (κ2) is 6.78. The molecule has 1 aliphatic carbocycles. The van der Waals surface area contributed by atoms with Gasteiger partial charge in [-0.25, -0.2) is 10.0 Å². The summed E-state index contributed by atoms with van der Waals surface area (Å²) in [6, 6.07) is 18.0. The molecule has 1 saturated heterocycles. The molecule has 2 fully saturated rings. The molecule has 2 aromatic rings. The number of rotatable bonds is 4. The van der Waals surface area contributed by atoms with Gasteiger partial charge in [0.15, 0.2) is 0 Å². The second-order valence-corrected chi connectivity index (χ2v) is 7.77. The lowest BCUT2D eigenvalue weighted by Crippen LogP contribution is -2.47. The maximum Gasteiger partial charge on any atom is 0.259 e. The average Bonchev–Trinajstić information content (AvgIpc) is 3.21. The number of benzene rings is 2. The van der Waals surface area contributed by atoms with E-state index in [1.54, 1.807) is 24.3 Å². The van der Waals surface area contributed by atoms with Crippen molar-refractivity contribution >= 4 is 29.1 Å². The summed E-state index contributed by atoms with van der Waals surface area (Å²) in [7, 11) is 0. The Morgan fingerprint density at radius 1 is 0.929 bits per heavy atom. The number of primary amides is 1. The summed E-state index contributed by atoms with van der Waals surface area (Å²) >= 11 is 0. The second-order valence-electron chi connectivity index (χ2n) is 7.77. The van der Waals surface area contributed by atoms with Crippen molar-refractivity contribution in [1.29, 1.82) is 0 Å². The third kappa shape index (κ3) is 2.68. The highest BCUT2D eigenvalue weighted by Crippen LogP contribution is 2.51. The summed E-state index contributed by atoms with van der Waals surface area (Å²) in [5.41, 5.74) is 5.82. The molecular formula is C22H23N3O3. The summed E-state index contributed by atoms with van der Waals surface area (Å²) in [5, 5.41) is 2.77. The molecule has 2 atom stereocenters. The van der Waals surface area contributed by atoms with Gasteiger partial charge in [-0.3, -0.25) is 14.4 Å². The van der Waals surface area contributed by atoms with Gasteiger partial charge in [0, 0.05) is 0 Å². The molecule has 2 aromatic carbocycles. The molecule has 0 spiro atoms. The van der Waals surface area contributed by atoms with Crippen LogP contribution in [0.2, 0.25) is 0 Å². The van der Waals surface area contributed by atoms with E-state index in [1.165, 1.54) is 10.0 Å². The molecule has 1 aliphatic heterocycles. The van der Waals surface area contributed by atoms with Crippen molar-refractivity contribution in [2.75, 3.05) is 10.0 Å².